The van der Waals surface area contributed by atoms with Crippen molar-refractivity contribution < 1.29 is 9.53 Å². The molecular formula is C16H15ClN4O2S. The number of rotatable bonds is 5. The summed E-state index contributed by atoms with van der Waals surface area (Å²) in [6, 6.07) is 8.83. The lowest BCUT2D eigenvalue weighted by molar-refractivity contribution is 0.102. The lowest BCUT2D eigenvalue weighted by atomic mass is 10.3. The Labute approximate surface area is 148 Å². The molecule has 2 heterocycles. The predicted molar refractivity (Wildman–Crippen MR) is 93.8 cm³/mol. The zero-order valence-corrected chi connectivity index (χ0v) is 14.7. The lowest BCUT2D eigenvalue weighted by Gasteiger charge is -2.03. The minimum atomic E-state index is -0.221. The molecule has 0 atom stereocenters. The van der Waals surface area contributed by atoms with Crippen molar-refractivity contribution in [2.45, 2.75) is 13.5 Å². The van der Waals surface area contributed by atoms with Crippen LogP contribution in [0.3, 0.4) is 0 Å². The van der Waals surface area contributed by atoms with Crippen LogP contribution in [0.4, 0.5) is 5.82 Å². The van der Waals surface area contributed by atoms with E-state index < -0.39 is 0 Å². The van der Waals surface area contributed by atoms with Gasteiger partial charge in [0.15, 0.2) is 5.82 Å². The molecule has 1 aromatic carbocycles. The molecule has 3 aromatic rings. The minimum absolute atomic E-state index is 0.221. The summed E-state index contributed by atoms with van der Waals surface area (Å²) >= 11 is 7.15. The highest BCUT2D eigenvalue weighted by molar-refractivity contribution is 7.13. The number of nitrogens with zero attached hydrogens (tertiary/aromatic N) is 3. The summed E-state index contributed by atoms with van der Waals surface area (Å²) < 4.78 is 7.28. The number of hydrogen-bond donors (Lipinski definition) is 1. The summed E-state index contributed by atoms with van der Waals surface area (Å²) in [5, 5.41) is 8.27. The topological polar surface area (TPSA) is 69.0 Å². The van der Waals surface area contributed by atoms with E-state index in [4.69, 9.17) is 16.3 Å². The van der Waals surface area contributed by atoms with Gasteiger partial charge in [-0.3, -0.25) is 9.48 Å². The van der Waals surface area contributed by atoms with Gasteiger partial charge in [-0.2, -0.15) is 5.10 Å². The molecule has 8 heteroatoms. The van der Waals surface area contributed by atoms with Crippen LogP contribution in [0.15, 0.2) is 36.5 Å². The van der Waals surface area contributed by atoms with Gasteiger partial charge >= 0.3 is 0 Å². The van der Waals surface area contributed by atoms with Crippen molar-refractivity contribution in [1.82, 2.24) is 14.8 Å². The molecule has 0 saturated carbocycles. The first-order valence-corrected chi connectivity index (χ1v) is 8.36. The summed E-state index contributed by atoms with van der Waals surface area (Å²) in [7, 11) is 1.79. The third kappa shape index (κ3) is 3.93. The molecule has 1 N–H and O–H groups in total. The molecule has 0 saturated heterocycles. The highest BCUT2D eigenvalue weighted by atomic mass is 35.5. The average molecular weight is 363 g/mol. The quantitative estimate of drug-likeness (QED) is 0.751. The fourth-order valence-electron chi connectivity index (χ4n) is 2.06. The van der Waals surface area contributed by atoms with E-state index in [-0.39, 0.29) is 5.91 Å². The first-order chi connectivity index (χ1) is 11.5. The molecule has 0 aliphatic heterocycles. The number of hydrogen-bond acceptors (Lipinski definition) is 5. The molecular weight excluding hydrogens is 348 g/mol. The fourth-order valence-corrected chi connectivity index (χ4v) is 3.05. The highest BCUT2D eigenvalue weighted by Crippen LogP contribution is 2.22. The van der Waals surface area contributed by atoms with Crippen LogP contribution in [0, 0.1) is 6.92 Å². The zero-order chi connectivity index (χ0) is 17.1. The smallest absolute Gasteiger partial charge is 0.268 e. The summed E-state index contributed by atoms with van der Waals surface area (Å²) in [5.41, 5.74) is 0.670. The Balaban J connectivity index is 1.65. The monoisotopic (exact) mass is 362 g/mol. The van der Waals surface area contributed by atoms with Crippen LogP contribution < -0.4 is 10.1 Å². The first-order valence-electron chi connectivity index (χ1n) is 7.17. The number of amides is 1. The maximum atomic E-state index is 12.3. The summed E-state index contributed by atoms with van der Waals surface area (Å²) in [5.74, 6) is 0.988. The van der Waals surface area contributed by atoms with Crippen LogP contribution in [0.25, 0.3) is 0 Å². The number of nitrogens with one attached hydrogen (secondary N) is 1. The van der Waals surface area contributed by atoms with E-state index in [1.807, 2.05) is 0 Å². The normalized spacial score (nSPS) is 10.6. The molecule has 2 aromatic heterocycles. The number of aryl methyl sites for hydroxylation is 2. The van der Waals surface area contributed by atoms with E-state index in [2.05, 4.69) is 15.4 Å². The number of anilines is 1. The average Bonchev–Trinajstić information content (AvgIpc) is 3.12. The maximum absolute atomic E-state index is 12.3. The Morgan fingerprint density at radius 2 is 2.08 bits per heavy atom. The van der Waals surface area contributed by atoms with Crippen molar-refractivity contribution in [3.8, 4) is 5.75 Å². The molecule has 0 spiro atoms. The predicted octanol–water partition coefficient (Wildman–Crippen LogP) is 3.67. The van der Waals surface area contributed by atoms with E-state index in [1.54, 1.807) is 55.2 Å². The van der Waals surface area contributed by atoms with Crippen molar-refractivity contribution in [1.29, 1.82) is 0 Å². The number of carbonyl (C=O) groups excluding carboxylic acids is 1. The molecule has 6 nitrogen and oxygen atoms in total. The van der Waals surface area contributed by atoms with Gasteiger partial charge in [-0.1, -0.05) is 11.6 Å². The molecule has 0 bridgehead atoms. The summed E-state index contributed by atoms with van der Waals surface area (Å²) in [6.45, 7) is 2.10. The molecule has 24 heavy (non-hydrogen) atoms. The molecule has 0 aliphatic carbocycles. The highest BCUT2D eigenvalue weighted by Gasteiger charge is 2.16. The van der Waals surface area contributed by atoms with Crippen LogP contribution in [0.1, 0.15) is 20.4 Å². The van der Waals surface area contributed by atoms with Gasteiger partial charge in [0.05, 0.1) is 5.69 Å². The van der Waals surface area contributed by atoms with Crippen molar-refractivity contribution in [2.24, 2.45) is 7.05 Å². The summed E-state index contributed by atoms with van der Waals surface area (Å²) in [6.07, 6.45) is 1.76. The Morgan fingerprint density at radius 3 is 2.75 bits per heavy atom. The van der Waals surface area contributed by atoms with Gasteiger partial charge in [-0.05, 0) is 31.2 Å². The van der Waals surface area contributed by atoms with Gasteiger partial charge in [0, 0.05) is 24.3 Å². The Hall–Kier alpha value is -2.38. The second kappa shape index (κ2) is 7.02. The second-order valence-electron chi connectivity index (χ2n) is 5.09. The van der Waals surface area contributed by atoms with Crippen molar-refractivity contribution in [3.05, 3.63) is 57.1 Å². The van der Waals surface area contributed by atoms with E-state index in [1.165, 1.54) is 11.3 Å². The number of benzene rings is 1. The van der Waals surface area contributed by atoms with E-state index in [9.17, 15) is 4.79 Å². The number of halogens is 1. The minimum Gasteiger partial charge on any atom is -0.486 e. The Morgan fingerprint density at radius 1 is 1.33 bits per heavy atom. The van der Waals surface area contributed by atoms with Crippen LogP contribution in [0.2, 0.25) is 5.02 Å². The molecule has 3 rings (SSSR count). The fraction of sp³-hybridized carbons (Fsp3) is 0.188. The van der Waals surface area contributed by atoms with Gasteiger partial charge < -0.3 is 10.1 Å². The number of carbonyl (C=O) groups is 1. The third-order valence-electron chi connectivity index (χ3n) is 3.18. The maximum Gasteiger partial charge on any atom is 0.268 e. The van der Waals surface area contributed by atoms with Gasteiger partial charge in [-0.25, -0.2) is 4.98 Å². The number of aromatic nitrogens is 3. The molecule has 124 valence electrons. The summed E-state index contributed by atoms with van der Waals surface area (Å²) in [4.78, 5) is 17.3. The zero-order valence-electron chi connectivity index (χ0n) is 13.1. The Bertz CT molecular complexity index is 857. The van der Waals surface area contributed by atoms with Gasteiger partial charge in [0.2, 0.25) is 0 Å². The van der Waals surface area contributed by atoms with Crippen molar-refractivity contribution in [3.63, 3.8) is 0 Å². The van der Waals surface area contributed by atoms with Crippen molar-refractivity contribution in [2.75, 3.05) is 5.32 Å². The molecule has 0 radical (unpaired) electrons. The standard InChI is InChI=1S/C16H15ClN4O2S/c1-10-15(16(22)19-13-7-8-21(2)20-13)24-14(18-10)9-23-12-5-3-11(17)4-6-12/h3-8H,9H2,1-2H3,(H,19,20,22). The van der Waals surface area contributed by atoms with Gasteiger partial charge in [0.1, 0.15) is 22.2 Å². The third-order valence-corrected chi connectivity index (χ3v) is 4.56. The van der Waals surface area contributed by atoms with Crippen LogP contribution >= 0.6 is 22.9 Å². The van der Waals surface area contributed by atoms with E-state index in [0.29, 0.717) is 33.8 Å². The van der Waals surface area contributed by atoms with Crippen molar-refractivity contribution >= 4 is 34.7 Å². The second-order valence-corrected chi connectivity index (χ2v) is 6.61. The molecule has 0 unspecified atom stereocenters. The molecule has 0 fully saturated rings. The van der Waals surface area contributed by atoms with Crippen LogP contribution in [-0.4, -0.2) is 20.7 Å². The first kappa shape index (κ1) is 16.5. The van der Waals surface area contributed by atoms with Gasteiger partial charge in [0.25, 0.3) is 5.91 Å². The molecule has 1 amide bonds. The SMILES string of the molecule is Cc1nc(COc2ccc(Cl)cc2)sc1C(=O)Nc1ccn(C)n1. The van der Waals surface area contributed by atoms with E-state index >= 15 is 0 Å². The number of ether oxygens (including phenoxy) is 1. The largest absolute Gasteiger partial charge is 0.486 e. The molecule has 0 aliphatic rings. The van der Waals surface area contributed by atoms with Crippen LogP contribution in [-0.2, 0) is 13.7 Å². The number of thiazole rings is 1. The van der Waals surface area contributed by atoms with Crippen LogP contribution in [0.5, 0.6) is 5.75 Å². The lowest BCUT2D eigenvalue weighted by Crippen LogP contribution is -2.12. The Kier molecular flexibility index (Phi) is 4.82. The van der Waals surface area contributed by atoms with Gasteiger partial charge in [-0.15, -0.1) is 11.3 Å². The van der Waals surface area contributed by atoms with E-state index in [0.717, 1.165) is 5.01 Å².